The van der Waals surface area contributed by atoms with Crippen LogP contribution in [0.25, 0.3) is 22.3 Å². The molecule has 0 aliphatic carbocycles. The average Bonchev–Trinajstić information content (AvgIpc) is 3.45. The van der Waals surface area contributed by atoms with Crippen molar-refractivity contribution in [3.05, 3.63) is 247 Å². The molecule has 2 aliphatic rings. The number of aryl methyl sites for hydroxylation is 2. The van der Waals surface area contributed by atoms with E-state index in [1.54, 1.807) is 0 Å². The van der Waals surface area contributed by atoms with Crippen LogP contribution in [0, 0.1) is 24.7 Å². The quantitative estimate of drug-likeness (QED) is 0.0711. The minimum Gasteiger partial charge on any atom is -0.380 e. The predicted molar refractivity (Wildman–Crippen MR) is 317 cm³/mol. The van der Waals surface area contributed by atoms with Crippen molar-refractivity contribution in [3.63, 3.8) is 0 Å². The maximum absolute atomic E-state index is 6.19. The van der Waals surface area contributed by atoms with Crippen LogP contribution >= 0.6 is 0 Å². The van der Waals surface area contributed by atoms with Gasteiger partial charge in [-0.05, 0) is 169 Å². The molecule has 0 bridgehead atoms. The highest BCUT2D eigenvalue weighted by atomic mass is 16.5. The normalized spacial score (nSPS) is 14.3. The van der Waals surface area contributed by atoms with Crippen LogP contribution in [0.4, 0.5) is 51.2 Å². The van der Waals surface area contributed by atoms with Gasteiger partial charge < -0.3 is 33.6 Å². The number of ether oxygens (including phenoxy) is 4. The Bertz CT molecular complexity index is 3080. The second-order valence-corrected chi connectivity index (χ2v) is 21.2. The summed E-state index contributed by atoms with van der Waals surface area (Å²) in [6.45, 7) is 14.5. The molecule has 11 rings (SSSR count). The van der Waals surface area contributed by atoms with E-state index in [1.807, 2.05) is 0 Å². The van der Waals surface area contributed by atoms with Gasteiger partial charge in [0.25, 0.3) is 0 Å². The summed E-state index contributed by atoms with van der Waals surface area (Å²) >= 11 is 0. The summed E-state index contributed by atoms with van der Waals surface area (Å²) in [6, 6.07) is 81.2. The first-order chi connectivity index (χ1) is 37.8. The van der Waals surface area contributed by atoms with E-state index in [0.29, 0.717) is 13.2 Å². The SMILES string of the molecule is CCC1(COCc2ccc(N(c3ccc(C)cc3)c3ccc(-c4ccc(N(c5ccccc5)c5ccc(-c6ccc(N(c7ccc(C)cc7)c7ccc(COCC8(CC)COC8)cc7)cc6)cc5)cc4)cc3)cc2)COC1. The van der Waals surface area contributed by atoms with Crippen molar-refractivity contribution in [2.24, 2.45) is 10.8 Å². The van der Waals surface area contributed by atoms with Crippen LogP contribution in [-0.4, -0.2) is 39.6 Å². The molecule has 2 aliphatic heterocycles. The second kappa shape index (κ2) is 23.2. The number of para-hydroxylation sites is 1. The Morgan fingerprint density at radius 1 is 0.325 bits per heavy atom. The van der Waals surface area contributed by atoms with Crippen LogP contribution in [0.2, 0.25) is 0 Å². The molecule has 0 atom stereocenters. The van der Waals surface area contributed by atoms with Crippen molar-refractivity contribution in [1.29, 1.82) is 0 Å². The van der Waals surface area contributed by atoms with E-state index in [2.05, 4.69) is 267 Å². The van der Waals surface area contributed by atoms with Gasteiger partial charge in [-0.2, -0.15) is 0 Å². The number of benzene rings is 9. The highest BCUT2D eigenvalue weighted by Gasteiger charge is 2.38. The largest absolute Gasteiger partial charge is 0.380 e. The molecular weight excluding hydrogens is 947 g/mol. The highest BCUT2D eigenvalue weighted by molar-refractivity contribution is 5.83. The summed E-state index contributed by atoms with van der Waals surface area (Å²) in [6.07, 6.45) is 2.15. The number of rotatable bonds is 21. The van der Waals surface area contributed by atoms with Gasteiger partial charge in [0.2, 0.25) is 0 Å². The zero-order valence-corrected chi connectivity index (χ0v) is 44.9. The van der Waals surface area contributed by atoms with Gasteiger partial charge in [0.15, 0.2) is 0 Å². The smallest absolute Gasteiger partial charge is 0.0717 e. The molecule has 2 fully saturated rings. The van der Waals surface area contributed by atoms with Crippen LogP contribution in [0.15, 0.2) is 224 Å². The van der Waals surface area contributed by atoms with Crippen molar-refractivity contribution in [2.45, 2.75) is 53.8 Å². The van der Waals surface area contributed by atoms with Crippen molar-refractivity contribution < 1.29 is 18.9 Å². The van der Waals surface area contributed by atoms with Crippen LogP contribution < -0.4 is 14.7 Å². The molecule has 0 unspecified atom stereocenters. The van der Waals surface area contributed by atoms with Gasteiger partial charge in [-0.25, -0.2) is 0 Å². The first kappa shape index (κ1) is 51.3. The molecule has 388 valence electrons. The molecule has 77 heavy (non-hydrogen) atoms. The topological polar surface area (TPSA) is 46.6 Å². The molecular formula is C70H69N3O4. The summed E-state index contributed by atoms with van der Waals surface area (Å²) in [5.74, 6) is 0. The minimum absolute atomic E-state index is 0.174. The van der Waals surface area contributed by atoms with Crippen molar-refractivity contribution >= 4 is 51.2 Å². The third-order valence-corrected chi connectivity index (χ3v) is 15.6. The lowest BCUT2D eigenvalue weighted by atomic mass is 9.84. The summed E-state index contributed by atoms with van der Waals surface area (Å²) < 4.78 is 23.4. The first-order valence-electron chi connectivity index (χ1n) is 27.3. The van der Waals surface area contributed by atoms with Gasteiger partial charge in [0.1, 0.15) is 0 Å². The number of hydrogen-bond donors (Lipinski definition) is 0. The van der Waals surface area contributed by atoms with E-state index in [0.717, 1.165) is 137 Å². The molecule has 0 spiro atoms. The average molecular weight is 1020 g/mol. The van der Waals surface area contributed by atoms with E-state index in [4.69, 9.17) is 18.9 Å². The molecule has 0 N–H and O–H groups in total. The lowest BCUT2D eigenvalue weighted by molar-refractivity contribution is -0.152. The molecule has 0 amide bonds. The maximum Gasteiger partial charge on any atom is 0.0717 e. The van der Waals surface area contributed by atoms with Crippen LogP contribution in [-0.2, 0) is 32.2 Å². The summed E-state index contributed by atoms with van der Waals surface area (Å²) in [4.78, 5) is 6.96. The fraction of sp³-hybridized carbons (Fsp3) is 0.229. The molecule has 9 aromatic carbocycles. The summed E-state index contributed by atoms with van der Waals surface area (Å²) in [5.41, 5.74) is 19.6. The van der Waals surface area contributed by atoms with Gasteiger partial charge in [-0.15, -0.1) is 0 Å². The summed E-state index contributed by atoms with van der Waals surface area (Å²) in [7, 11) is 0. The van der Waals surface area contributed by atoms with Gasteiger partial charge in [-0.1, -0.05) is 140 Å². The lowest BCUT2D eigenvalue weighted by Gasteiger charge is -2.40. The van der Waals surface area contributed by atoms with Crippen molar-refractivity contribution in [3.8, 4) is 22.3 Å². The highest BCUT2D eigenvalue weighted by Crippen LogP contribution is 2.41. The van der Waals surface area contributed by atoms with Gasteiger partial charge in [-0.3, -0.25) is 0 Å². The predicted octanol–water partition coefficient (Wildman–Crippen LogP) is 17.9. The van der Waals surface area contributed by atoms with E-state index in [9.17, 15) is 0 Å². The molecule has 0 aromatic heterocycles. The number of hydrogen-bond acceptors (Lipinski definition) is 7. The zero-order valence-electron chi connectivity index (χ0n) is 44.9. The first-order valence-corrected chi connectivity index (χ1v) is 27.3. The Labute approximate surface area is 455 Å². The Hall–Kier alpha value is -7.78. The molecule has 0 saturated carbocycles. The van der Waals surface area contributed by atoms with Gasteiger partial charge in [0, 0.05) is 62.0 Å². The van der Waals surface area contributed by atoms with E-state index < -0.39 is 0 Å². The van der Waals surface area contributed by atoms with Gasteiger partial charge >= 0.3 is 0 Å². The van der Waals surface area contributed by atoms with E-state index >= 15 is 0 Å². The Kier molecular flexibility index (Phi) is 15.5. The standard InChI is InChI=1S/C70H69N3O4/c1-5-69(48-76-49-69)46-74-44-54-16-32-63(33-17-54)72(61-28-12-52(3)13-29-61)67-40-24-58(25-41-67)56-20-36-65(37-21-56)71(60-10-8-7-9-11-60)66-38-22-57(23-39-66)59-26-42-68(43-27-59)73(62-30-14-53(4)15-31-62)64-34-18-55(19-35-64)45-75-47-70(6-2)50-77-51-70/h7-43H,5-6,44-51H2,1-4H3. The fourth-order valence-corrected chi connectivity index (χ4v) is 10.3. The fourth-order valence-electron chi connectivity index (χ4n) is 10.3. The van der Waals surface area contributed by atoms with Crippen LogP contribution in [0.1, 0.15) is 48.9 Å². The number of anilines is 9. The van der Waals surface area contributed by atoms with Gasteiger partial charge in [0.05, 0.1) is 52.9 Å². The second-order valence-electron chi connectivity index (χ2n) is 21.2. The third-order valence-electron chi connectivity index (χ3n) is 15.6. The van der Waals surface area contributed by atoms with Crippen molar-refractivity contribution in [1.82, 2.24) is 0 Å². The summed E-state index contributed by atoms with van der Waals surface area (Å²) in [5, 5.41) is 0. The van der Waals surface area contributed by atoms with E-state index in [-0.39, 0.29) is 10.8 Å². The monoisotopic (exact) mass is 1020 g/mol. The van der Waals surface area contributed by atoms with E-state index in [1.165, 1.54) is 11.1 Å². The van der Waals surface area contributed by atoms with Crippen molar-refractivity contribution in [2.75, 3.05) is 54.3 Å². The molecule has 7 heteroatoms. The minimum atomic E-state index is 0.174. The molecule has 9 aromatic rings. The number of nitrogens with zero attached hydrogens (tertiary/aromatic N) is 3. The maximum atomic E-state index is 6.19. The molecule has 7 nitrogen and oxygen atoms in total. The zero-order chi connectivity index (χ0) is 52.6. The van der Waals surface area contributed by atoms with Crippen LogP contribution in [0.3, 0.4) is 0 Å². The Morgan fingerprint density at radius 3 is 0.818 bits per heavy atom. The van der Waals surface area contributed by atoms with Crippen LogP contribution in [0.5, 0.6) is 0 Å². The molecule has 2 heterocycles. The Balaban J connectivity index is 0.793. The lowest BCUT2D eigenvalue weighted by Crippen LogP contribution is -2.45. The molecule has 2 saturated heterocycles. The Morgan fingerprint density at radius 2 is 0.571 bits per heavy atom. The molecule has 0 radical (unpaired) electrons. The third kappa shape index (κ3) is 11.7.